The van der Waals surface area contributed by atoms with Gasteiger partial charge in [-0.3, -0.25) is 4.79 Å². The molecule has 3 N–H and O–H groups in total. The monoisotopic (exact) mass is 503 g/mol. The summed E-state index contributed by atoms with van der Waals surface area (Å²) in [6.07, 6.45) is 0.0172. The van der Waals surface area contributed by atoms with E-state index in [1.807, 2.05) is 12.1 Å². The first-order valence-corrected chi connectivity index (χ1v) is 12.0. The molecule has 7 nitrogen and oxygen atoms in total. The summed E-state index contributed by atoms with van der Waals surface area (Å²) in [6.45, 7) is 0.392. The number of urea groups is 1. The highest BCUT2D eigenvalue weighted by Gasteiger charge is 2.36. The maximum Gasteiger partial charge on any atom is 0.416 e. The summed E-state index contributed by atoms with van der Waals surface area (Å²) in [5.41, 5.74) is 0.773. The molecule has 192 valence electrons. The minimum atomic E-state index is -4.45. The fourth-order valence-corrected chi connectivity index (χ4v) is 4.99. The van der Waals surface area contributed by atoms with Crippen molar-refractivity contribution in [2.24, 2.45) is 0 Å². The van der Waals surface area contributed by atoms with E-state index in [2.05, 4.69) is 10.6 Å². The topological polar surface area (TPSA) is 98.7 Å². The van der Waals surface area contributed by atoms with Gasteiger partial charge in [0.2, 0.25) is 5.91 Å². The number of likely N-dealkylation sites (tertiary alicyclic amines) is 1. The molecule has 2 aromatic carbocycles. The third kappa shape index (κ3) is 5.98. The SMILES string of the molecule is O=C(O)c1ccc(C2CCC(NC(=O)[C@H]3CCCN3C(=O)Nc3ccc(C(F)(F)F)cc3)CC2)cc1. The summed E-state index contributed by atoms with van der Waals surface area (Å²) in [5.74, 6) is -0.871. The summed E-state index contributed by atoms with van der Waals surface area (Å²) in [6, 6.07) is 9.96. The number of carboxylic acid groups (broad SMARTS) is 1. The van der Waals surface area contributed by atoms with Crippen LogP contribution in [-0.2, 0) is 11.0 Å². The Hall–Kier alpha value is -3.56. The van der Waals surface area contributed by atoms with Gasteiger partial charge in [-0.15, -0.1) is 0 Å². The van der Waals surface area contributed by atoms with E-state index in [4.69, 9.17) is 5.11 Å². The molecule has 0 radical (unpaired) electrons. The van der Waals surface area contributed by atoms with Crippen molar-refractivity contribution in [2.45, 2.75) is 62.7 Å². The molecule has 0 bridgehead atoms. The van der Waals surface area contributed by atoms with Gasteiger partial charge in [-0.2, -0.15) is 13.2 Å². The molecule has 1 saturated heterocycles. The number of alkyl halides is 3. The van der Waals surface area contributed by atoms with Gasteiger partial charge in [-0.25, -0.2) is 9.59 Å². The zero-order valence-electron chi connectivity index (χ0n) is 19.6. The van der Waals surface area contributed by atoms with Crippen LogP contribution in [0.15, 0.2) is 48.5 Å². The Kier molecular flexibility index (Phi) is 7.51. The smallest absolute Gasteiger partial charge is 0.416 e. The third-order valence-corrected chi connectivity index (χ3v) is 6.98. The number of nitrogens with one attached hydrogen (secondary N) is 2. The highest BCUT2D eigenvalue weighted by molar-refractivity contribution is 5.94. The zero-order chi connectivity index (χ0) is 25.9. The van der Waals surface area contributed by atoms with Crippen LogP contribution in [-0.4, -0.2) is 46.5 Å². The van der Waals surface area contributed by atoms with Gasteiger partial charge in [0.15, 0.2) is 0 Å². The molecule has 1 saturated carbocycles. The summed E-state index contributed by atoms with van der Waals surface area (Å²) in [4.78, 5) is 38.2. The first-order valence-electron chi connectivity index (χ1n) is 12.0. The van der Waals surface area contributed by atoms with Crippen LogP contribution in [0.4, 0.5) is 23.7 Å². The Balaban J connectivity index is 1.28. The van der Waals surface area contributed by atoms with Crippen LogP contribution in [0.1, 0.15) is 65.9 Å². The fraction of sp³-hybridized carbons (Fsp3) is 0.423. The summed E-state index contributed by atoms with van der Waals surface area (Å²) < 4.78 is 38.2. The lowest BCUT2D eigenvalue weighted by atomic mass is 9.81. The van der Waals surface area contributed by atoms with Crippen molar-refractivity contribution < 1.29 is 32.7 Å². The average molecular weight is 504 g/mol. The number of carboxylic acids is 1. The average Bonchev–Trinajstić information content (AvgIpc) is 3.35. The number of carbonyl (C=O) groups excluding carboxylic acids is 2. The highest BCUT2D eigenvalue weighted by Crippen LogP contribution is 2.33. The molecule has 1 aliphatic carbocycles. The van der Waals surface area contributed by atoms with Crippen molar-refractivity contribution in [3.63, 3.8) is 0 Å². The lowest BCUT2D eigenvalue weighted by Crippen LogP contribution is -2.50. The molecule has 2 aromatic rings. The minimum Gasteiger partial charge on any atom is -0.478 e. The Morgan fingerprint density at radius 1 is 0.889 bits per heavy atom. The maximum absolute atomic E-state index is 13.0. The molecule has 1 atom stereocenters. The highest BCUT2D eigenvalue weighted by atomic mass is 19.4. The van der Waals surface area contributed by atoms with Crippen molar-refractivity contribution >= 4 is 23.6 Å². The van der Waals surface area contributed by atoms with Gasteiger partial charge in [-0.1, -0.05) is 12.1 Å². The van der Waals surface area contributed by atoms with Gasteiger partial charge in [0.05, 0.1) is 11.1 Å². The van der Waals surface area contributed by atoms with E-state index >= 15 is 0 Å². The van der Waals surface area contributed by atoms with E-state index in [0.717, 1.165) is 43.4 Å². The van der Waals surface area contributed by atoms with E-state index in [-0.39, 0.29) is 23.2 Å². The van der Waals surface area contributed by atoms with Gasteiger partial charge in [-0.05, 0) is 86.4 Å². The molecule has 3 amide bonds. The third-order valence-electron chi connectivity index (χ3n) is 6.98. The second kappa shape index (κ2) is 10.6. The standard InChI is InChI=1S/C26H28F3N3O4/c27-26(28,29)19-9-13-21(14-10-19)31-25(36)32-15-1-2-22(32)23(33)30-20-11-7-17(8-12-20)16-3-5-18(6-4-16)24(34)35/h3-6,9-10,13-14,17,20,22H,1-2,7-8,11-12,15H2,(H,30,33)(H,31,36)(H,34,35)/t17?,20?,22-/m1/s1. The van der Waals surface area contributed by atoms with Crippen molar-refractivity contribution in [1.82, 2.24) is 10.2 Å². The van der Waals surface area contributed by atoms with E-state index in [1.165, 1.54) is 17.0 Å². The quantitative estimate of drug-likeness (QED) is 0.520. The molecule has 10 heteroatoms. The molecule has 1 aliphatic heterocycles. The molecular formula is C26H28F3N3O4. The minimum absolute atomic E-state index is 0.00698. The van der Waals surface area contributed by atoms with Gasteiger partial charge in [0, 0.05) is 18.3 Å². The number of rotatable bonds is 5. The molecule has 4 rings (SSSR count). The fourth-order valence-electron chi connectivity index (χ4n) is 4.99. The molecule has 0 unspecified atom stereocenters. The second-order valence-corrected chi connectivity index (χ2v) is 9.34. The number of benzene rings is 2. The number of amides is 3. The van der Waals surface area contributed by atoms with Crippen molar-refractivity contribution in [2.75, 3.05) is 11.9 Å². The summed E-state index contributed by atoms with van der Waals surface area (Å²) in [7, 11) is 0. The van der Waals surface area contributed by atoms with Crippen LogP contribution in [0.3, 0.4) is 0 Å². The Morgan fingerprint density at radius 3 is 2.11 bits per heavy atom. The molecule has 0 aromatic heterocycles. The van der Waals surface area contributed by atoms with Crippen molar-refractivity contribution in [3.05, 3.63) is 65.2 Å². The second-order valence-electron chi connectivity index (χ2n) is 9.34. The lowest BCUT2D eigenvalue weighted by Gasteiger charge is -2.31. The number of halogens is 3. The number of aromatic carboxylic acids is 1. The van der Waals surface area contributed by atoms with Gasteiger partial charge >= 0.3 is 18.2 Å². The summed E-state index contributed by atoms with van der Waals surface area (Å²) in [5, 5.41) is 14.7. The van der Waals surface area contributed by atoms with Crippen LogP contribution in [0.5, 0.6) is 0 Å². The van der Waals surface area contributed by atoms with Crippen LogP contribution < -0.4 is 10.6 Å². The Morgan fingerprint density at radius 2 is 1.53 bits per heavy atom. The van der Waals surface area contributed by atoms with E-state index < -0.39 is 29.8 Å². The number of carbonyl (C=O) groups is 3. The van der Waals surface area contributed by atoms with Crippen molar-refractivity contribution in [3.8, 4) is 0 Å². The first kappa shape index (κ1) is 25.5. The van der Waals surface area contributed by atoms with Gasteiger partial charge in [0.25, 0.3) is 0 Å². The van der Waals surface area contributed by atoms with Crippen LogP contribution >= 0.6 is 0 Å². The molecule has 0 spiro atoms. The molecule has 36 heavy (non-hydrogen) atoms. The van der Waals surface area contributed by atoms with E-state index in [1.54, 1.807) is 12.1 Å². The lowest BCUT2D eigenvalue weighted by molar-refractivity contribution is -0.137. The van der Waals surface area contributed by atoms with Crippen LogP contribution in [0.2, 0.25) is 0 Å². The summed E-state index contributed by atoms with van der Waals surface area (Å²) >= 11 is 0. The van der Waals surface area contributed by atoms with Crippen molar-refractivity contribution in [1.29, 1.82) is 0 Å². The molecule has 2 fully saturated rings. The zero-order valence-corrected chi connectivity index (χ0v) is 19.6. The predicted molar refractivity (Wildman–Crippen MR) is 127 cm³/mol. The normalized spacial score (nSPS) is 22.2. The first-order chi connectivity index (χ1) is 17.1. The van der Waals surface area contributed by atoms with E-state index in [0.29, 0.717) is 25.3 Å². The number of anilines is 1. The number of nitrogens with zero attached hydrogens (tertiary/aromatic N) is 1. The van der Waals surface area contributed by atoms with E-state index in [9.17, 15) is 27.6 Å². The van der Waals surface area contributed by atoms with Gasteiger partial charge in [0.1, 0.15) is 6.04 Å². The molecule has 1 heterocycles. The largest absolute Gasteiger partial charge is 0.478 e. The molecular weight excluding hydrogens is 475 g/mol. The Bertz CT molecular complexity index is 1090. The van der Waals surface area contributed by atoms with Crippen LogP contribution in [0.25, 0.3) is 0 Å². The van der Waals surface area contributed by atoms with Crippen LogP contribution in [0, 0.1) is 0 Å². The Labute approximate surface area is 206 Å². The molecule has 2 aliphatic rings. The maximum atomic E-state index is 13.0. The number of hydrogen-bond donors (Lipinski definition) is 3. The van der Waals surface area contributed by atoms with Gasteiger partial charge < -0.3 is 20.6 Å². The predicted octanol–water partition coefficient (Wildman–Crippen LogP) is 5.24. The number of hydrogen-bond acceptors (Lipinski definition) is 3.